The van der Waals surface area contributed by atoms with Crippen LogP contribution in [0.1, 0.15) is 24.3 Å². The molecule has 2 N–H and O–H groups in total. The van der Waals surface area contributed by atoms with Crippen molar-refractivity contribution in [1.82, 2.24) is 10.2 Å². The molecule has 2 aromatic rings. The van der Waals surface area contributed by atoms with Crippen molar-refractivity contribution in [3.05, 3.63) is 45.3 Å². The number of carbonyl (C=O) groups excluding carboxylic acids is 2. The second kappa shape index (κ2) is 10.9. The van der Waals surface area contributed by atoms with Crippen molar-refractivity contribution in [3.8, 4) is 5.06 Å². The van der Waals surface area contributed by atoms with Crippen LogP contribution in [0.25, 0.3) is 0 Å². The van der Waals surface area contributed by atoms with Crippen LogP contribution in [0.2, 0.25) is 10.0 Å². The molecule has 3 rings (SSSR count). The Labute approximate surface area is 203 Å². The number of hydrogen-bond acceptors (Lipinski definition) is 5. The molecule has 1 aliphatic heterocycles. The first-order chi connectivity index (χ1) is 15.5. The van der Waals surface area contributed by atoms with Crippen LogP contribution in [-0.2, 0) is 9.59 Å². The minimum absolute atomic E-state index is 0.119. The van der Waals surface area contributed by atoms with Crippen LogP contribution >= 0.6 is 34.5 Å². The fraction of sp³-hybridized carbons (Fsp3) is 0.429. The van der Waals surface area contributed by atoms with Crippen molar-refractivity contribution in [2.24, 2.45) is 5.92 Å². The van der Waals surface area contributed by atoms with Gasteiger partial charge in [0.15, 0.2) is 11.7 Å². The van der Waals surface area contributed by atoms with Crippen LogP contribution < -0.4 is 15.4 Å². The predicted molar refractivity (Wildman–Crippen MR) is 122 cm³/mol. The van der Waals surface area contributed by atoms with Crippen LogP contribution in [0, 0.1) is 5.92 Å². The number of ether oxygens (including phenoxy) is 1. The van der Waals surface area contributed by atoms with Gasteiger partial charge in [-0.25, -0.2) is 0 Å². The summed E-state index contributed by atoms with van der Waals surface area (Å²) in [5.41, 5.74) is 0.495. The molecule has 0 aliphatic carbocycles. The average Bonchev–Trinajstić information content (AvgIpc) is 3.34. The highest BCUT2D eigenvalue weighted by atomic mass is 35.5. The first-order valence-electron chi connectivity index (χ1n) is 10.1. The third kappa shape index (κ3) is 8.06. The van der Waals surface area contributed by atoms with E-state index >= 15 is 0 Å². The van der Waals surface area contributed by atoms with E-state index in [9.17, 15) is 22.8 Å². The summed E-state index contributed by atoms with van der Waals surface area (Å²) in [6, 6.07) is 7.46. The van der Waals surface area contributed by atoms with Crippen LogP contribution in [0.4, 0.5) is 18.9 Å². The van der Waals surface area contributed by atoms with E-state index in [1.54, 1.807) is 31.2 Å². The highest BCUT2D eigenvalue weighted by molar-refractivity contribution is 7.13. The zero-order valence-corrected chi connectivity index (χ0v) is 19.9. The van der Waals surface area contributed by atoms with Crippen LogP contribution in [0.5, 0.6) is 5.06 Å². The van der Waals surface area contributed by atoms with Crippen molar-refractivity contribution < 1.29 is 27.5 Å². The summed E-state index contributed by atoms with van der Waals surface area (Å²) >= 11 is 12.9. The monoisotopic (exact) mass is 523 g/mol. The van der Waals surface area contributed by atoms with Gasteiger partial charge in [-0.2, -0.15) is 13.2 Å². The van der Waals surface area contributed by atoms with Gasteiger partial charge in [-0.1, -0.05) is 23.2 Å². The number of amides is 2. The molecule has 0 bridgehead atoms. The Hall–Kier alpha value is -2.01. The molecule has 12 heteroatoms. The van der Waals surface area contributed by atoms with Crippen molar-refractivity contribution in [2.45, 2.75) is 25.6 Å². The molecule has 1 aromatic carbocycles. The number of benzene rings is 1. The van der Waals surface area contributed by atoms with E-state index in [0.717, 1.165) is 11.3 Å². The number of carbonyl (C=O) groups is 2. The maximum absolute atomic E-state index is 12.6. The lowest BCUT2D eigenvalue weighted by Gasteiger charge is -2.18. The lowest BCUT2D eigenvalue weighted by Crippen LogP contribution is -2.36. The first-order valence-corrected chi connectivity index (χ1v) is 11.6. The summed E-state index contributed by atoms with van der Waals surface area (Å²) in [4.78, 5) is 27.5. The van der Waals surface area contributed by atoms with Crippen molar-refractivity contribution >= 4 is 52.0 Å². The zero-order valence-electron chi connectivity index (χ0n) is 17.5. The molecule has 0 saturated carbocycles. The smallest absolute Gasteiger partial charge is 0.422 e. The third-order valence-electron chi connectivity index (χ3n) is 4.92. The number of nitrogens with one attached hydrogen (secondary N) is 2. The van der Waals surface area contributed by atoms with Gasteiger partial charge in [-0.15, -0.1) is 11.3 Å². The Bertz CT molecular complexity index is 982. The van der Waals surface area contributed by atoms with E-state index in [4.69, 9.17) is 27.9 Å². The third-order valence-corrected chi connectivity index (χ3v) is 6.54. The van der Waals surface area contributed by atoms with Crippen molar-refractivity contribution in [3.63, 3.8) is 0 Å². The van der Waals surface area contributed by atoms with Crippen molar-refractivity contribution in [2.75, 3.05) is 31.6 Å². The summed E-state index contributed by atoms with van der Waals surface area (Å²) in [7, 11) is 0. The molecule has 180 valence electrons. The largest absolute Gasteiger partial charge is 0.475 e. The predicted octanol–water partition coefficient (Wildman–Crippen LogP) is 5.13. The Kier molecular flexibility index (Phi) is 8.49. The molecular weight excluding hydrogens is 502 g/mol. The molecule has 1 saturated heterocycles. The molecule has 1 aliphatic rings. The van der Waals surface area contributed by atoms with Gasteiger partial charge in [0.1, 0.15) is 0 Å². The molecule has 2 atom stereocenters. The molecule has 1 aromatic heterocycles. The standard InChI is InChI=1S/C21H22Cl2F3N3O3S/c1-12(17-2-3-19(33-17)32-11-21(24,25)26)27-20(31)13-4-5-29(9-13)10-18(30)28-16-7-14(22)6-15(23)8-16/h2-3,6-8,12-13H,4-5,9-11H2,1H3,(H,27,31)(H,28,30)/t12-,13-/m1/s1. The number of anilines is 1. The number of rotatable bonds is 8. The van der Waals surface area contributed by atoms with Gasteiger partial charge in [0.25, 0.3) is 0 Å². The molecule has 0 spiro atoms. The van der Waals surface area contributed by atoms with E-state index in [-0.39, 0.29) is 35.4 Å². The Morgan fingerprint density at radius 3 is 2.61 bits per heavy atom. The fourth-order valence-electron chi connectivity index (χ4n) is 3.42. The van der Waals surface area contributed by atoms with E-state index in [1.165, 1.54) is 6.07 Å². The van der Waals surface area contributed by atoms with Gasteiger partial charge >= 0.3 is 6.18 Å². The lowest BCUT2D eigenvalue weighted by atomic mass is 10.1. The normalized spacial score (nSPS) is 17.6. The summed E-state index contributed by atoms with van der Waals surface area (Å²) in [5, 5.41) is 6.59. The van der Waals surface area contributed by atoms with E-state index in [2.05, 4.69) is 10.6 Å². The van der Waals surface area contributed by atoms with Crippen molar-refractivity contribution in [1.29, 1.82) is 0 Å². The Balaban J connectivity index is 1.45. The molecule has 33 heavy (non-hydrogen) atoms. The zero-order chi connectivity index (χ0) is 24.2. The molecule has 0 unspecified atom stereocenters. The van der Waals surface area contributed by atoms with Gasteiger partial charge in [0, 0.05) is 27.2 Å². The highest BCUT2D eigenvalue weighted by Gasteiger charge is 2.31. The fourth-order valence-corrected chi connectivity index (χ4v) is 4.80. The second-order valence-corrected chi connectivity index (χ2v) is 9.67. The van der Waals surface area contributed by atoms with Gasteiger partial charge in [-0.05, 0) is 50.2 Å². The van der Waals surface area contributed by atoms with E-state index in [1.807, 2.05) is 4.90 Å². The van der Waals surface area contributed by atoms with Gasteiger partial charge in [-0.3, -0.25) is 14.5 Å². The molecule has 2 amide bonds. The number of hydrogen-bond donors (Lipinski definition) is 2. The summed E-state index contributed by atoms with van der Waals surface area (Å²) < 4.78 is 41.6. The Morgan fingerprint density at radius 1 is 1.24 bits per heavy atom. The minimum Gasteiger partial charge on any atom is -0.475 e. The van der Waals surface area contributed by atoms with E-state index in [0.29, 0.717) is 40.1 Å². The van der Waals surface area contributed by atoms with Gasteiger partial charge < -0.3 is 15.4 Å². The molecule has 6 nitrogen and oxygen atoms in total. The number of halogens is 5. The van der Waals surface area contributed by atoms with Crippen LogP contribution in [0.3, 0.4) is 0 Å². The molecular formula is C21H22Cl2F3N3O3S. The summed E-state index contributed by atoms with van der Waals surface area (Å²) in [5.74, 6) is -0.701. The topological polar surface area (TPSA) is 70.7 Å². The van der Waals surface area contributed by atoms with Gasteiger partial charge in [0.05, 0.1) is 18.5 Å². The molecule has 1 fully saturated rings. The van der Waals surface area contributed by atoms with Crippen LogP contribution in [-0.4, -0.2) is 49.1 Å². The molecule has 2 heterocycles. The summed E-state index contributed by atoms with van der Waals surface area (Å²) in [6.45, 7) is 1.53. The second-order valence-electron chi connectivity index (χ2n) is 7.72. The maximum Gasteiger partial charge on any atom is 0.422 e. The first kappa shape index (κ1) is 25.6. The Morgan fingerprint density at radius 2 is 1.94 bits per heavy atom. The molecule has 0 radical (unpaired) electrons. The summed E-state index contributed by atoms with van der Waals surface area (Å²) in [6.07, 6.45) is -3.81. The number of thiophene rings is 1. The quantitative estimate of drug-likeness (QED) is 0.502. The maximum atomic E-state index is 12.6. The number of alkyl halides is 3. The highest BCUT2D eigenvalue weighted by Crippen LogP contribution is 2.31. The number of likely N-dealkylation sites (tertiary alicyclic amines) is 1. The lowest BCUT2D eigenvalue weighted by molar-refractivity contribution is -0.152. The van der Waals surface area contributed by atoms with E-state index < -0.39 is 12.8 Å². The van der Waals surface area contributed by atoms with Gasteiger partial charge in [0.2, 0.25) is 11.8 Å². The number of nitrogens with zero attached hydrogens (tertiary/aromatic N) is 1. The minimum atomic E-state index is -4.41. The van der Waals surface area contributed by atoms with Crippen LogP contribution in [0.15, 0.2) is 30.3 Å². The average molecular weight is 524 g/mol. The SMILES string of the molecule is C[C@@H](NC(=O)[C@@H]1CCN(CC(=O)Nc2cc(Cl)cc(Cl)c2)C1)c1ccc(OCC(F)(F)F)s1.